The summed E-state index contributed by atoms with van der Waals surface area (Å²) in [5, 5.41) is 20.3. The number of hydrogen-bond acceptors (Lipinski definition) is 5. The monoisotopic (exact) mass is 332 g/mol. The molecule has 0 spiro atoms. The molecule has 0 aliphatic carbocycles. The molecule has 130 valence electrons. The predicted molar refractivity (Wildman–Crippen MR) is 91.7 cm³/mol. The van der Waals surface area contributed by atoms with Gasteiger partial charge in [0.1, 0.15) is 0 Å². The first kappa shape index (κ1) is 17.9. The third-order valence-corrected chi connectivity index (χ3v) is 3.50. The van der Waals surface area contributed by atoms with E-state index in [1.165, 1.54) is 0 Å². The van der Waals surface area contributed by atoms with Crippen molar-refractivity contribution in [2.75, 3.05) is 11.9 Å². The lowest BCUT2D eigenvalue weighted by molar-refractivity contribution is 0.125. The number of nitrogens with one attached hydrogen (secondary N) is 1. The second-order valence-electron chi connectivity index (χ2n) is 5.96. The van der Waals surface area contributed by atoms with Crippen LogP contribution in [0.1, 0.15) is 33.6 Å². The molecule has 0 aliphatic heterocycles. The molecule has 24 heavy (non-hydrogen) atoms. The van der Waals surface area contributed by atoms with Crippen LogP contribution in [0.2, 0.25) is 0 Å². The summed E-state index contributed by atoms with van der Waals surface area (Å²) in [6.45, 7) is 7.71. The lowest BCUT2D eigenvalue weighted by atomic mass is 10.2. The second-order valence-corrected chi connectivity index (χ2v) is 5.96. The number of carbonyl (C=O) groups excluding carboxylic acids is 1. The van der Waals surface area contributed by atoms with Gasteiger partial charge in [-0.25, -0.2) is 4.79 Å². The van der Waals surface area contributed by atoms with Gasteiger partial charge >= 0.3 is 6.03 Å². The van der Waals surface area contributed by atoms with E-state index in [4.69, 9.17) is 4.42 Å². The van der Waals surface area contributed by atoms with Crippen molar-refractivity contribution in [2.24, 2.45) is 0 Å². The van der Waals surface area contributed by atoms with Gasteiger partial charge in [0.15, 0.2) is 0 Å². The minimum absolute atomic E-state index is 0.00951. The van der Waals surface area contributed by atoms with Crippen LogP contribution in [0.5, 0.6) is 0 Å². The van der Waals surface area contributed by atoms with Crippen molar-refractivity contribution >= 4 is 11.7 Å². The van der Waals surface area contributed by atoms with E-state index in [2.05, 4.69) is 15.5 Å². The molecule has 2 amide bonds. The predicted octanol–water partition coefficient (Wildman–Crippen LogP) is 2.92. The first-order valence-electron chi connectivity index (χ1n) is 8.09. The number of rotatable bonds is 6. The fourth-order valence-corrected chi connectivity index (χ4v) is 2.22. The Balaban J connectivity index is 2.06. The maximum Gasteiger partial charge on any atom is 0.322 e. The third kappa shape index (κ3) is 4.55. The first-order chi connectivity index (χ1) is 11.4. The van der Waals surface area contributed by atoms with Gasteiger partial charge in [-0.2, -0.15) is 0 Å². The van der Waals surface area contributed by atoms with Gasteiger partial charge in [-0.3, -0.25) is 0 Å². The van der Waals surface area contributed by atoms with Gasteiger partial charge in [0.2, 0.25) is 11.8 Å². The van der Waals surface area contributed by atoms with E-state index in [0.717, 1.165) is 5.56 Å². The van der Waals surface area contributed by atoms with E-state index in [0.29, 0.717) is 23.9 Å². The second kappa shape index (κ2) is 7.92. The molecule has 0 aliphatic rings. The summed E-state index contributed by atoms with van der Waals surface area (Å²) in [6, 6.07) is 6.94. The summed E-state index contributed by atoms with van der Waals surface area (Å²) in [5.74, 6) is 1.05. The number of urea groups is 1. The van der Waals surface area contributed by atoms with E-state index in [9.17, 15) is 9.90 Å². The number of hydrogen-bond donors (Lipinski definition) is 2. The molecular formula is C17H24N4O3. The molecule has 0 saturated carbocycles. The third-order valence-electron chi connectivity index (χ3n) is 3.50. The zero-order chi connectivity index (χ0) is 17.7. The number of aromatic nitrogens is 2. The lowest BCUT2D eigenvalue weighted by Crippen LogP contribution is -2.43. The number of amides is 2. The molecule has 0 fully saturated rings. The van der Waals surface area contributed by atoms with Crippen molar-refractivity contribution in [3.63, 3.8) is 0 Å². The summed E-state index contributed by atoms with van der Waals surface area (Å²) in [7, 11) is 0. The Morgan fingerprint density at radius 2 is 1.92 bits per heavy atom. The molecule has 2 N–H and O–H groups in total. The summed E-state index contributed by atoms with van der Waals surface area (Å²) < 4.78 is 5.51. The van der Waals surface area contributed by atoms with Crippen LogP contribution >= 0.6 is 0 Å². The average molecular weight is 332 g/mol. The zero-order valence-electron chi connectivity index (χ0n) is 14.5. The highest BCUT2D eigenvalue weighted by molar-refractivity contribution is 5.89. The fraction of sp³-hybridized carbons (Fsp3) is 0.471. The van der Waals surface area contributed by atoms with Crippen LogP contribution in [0.25, 0.3) is 11.5 Å². The van der Waals surface area contributed by atoms with Crippen molar-refractivity contribution < 1.29 is 14.3 Å². The Bertz CT molecular complexity index is 665. The van der Waals surface area contributed by atoms with E-state index >= 15 is 0 Å². The number of aliphatic hydroxyl groups is 1. The zero-order valence-corrected chi connectivity index (χ0v) is 14.5. The van der Waals surface area contributed by atoms with E-state index < -0.39 is 6.10 Å². The number of anilines is 1. The molecule has 7 heteroatoms. The minimum atomic E-state index is -0.578. The van der Waals surface area contributed by atoms with Gasteiger partial charge in [-0.05, 0) is 45.0 Å². The highest BCUT2D eigenvalue weighted by Crippen LogP contribution is 2.20. The number of carbonyl (C=O) groups is 1. The Morgan fingerprint density at radius 3 is 2.42 bits per heavy atom. The Kier molecular flexibility index (Phi) is 5.92. The molecule has 1 aromatic carbocycles. The molecule has 1 unspecified atom stereocenters. The van der Waals surface area contributed by atoms with Crippen LogP contribution < -0.4 is 5.32 Å². The smallest absolute Gasteiger partial charge is 0.322 e. The first-order valence-corrected chi connectivity index (χ1v) is 8.09. The standard InChI is InChI=1S/C17H24N4O3/c1-5-15-19-20-16(24-15)13-6-8-14(9-7-13)18-17(23)21(11(2)3)10-12(4)22/h6-9,11-12,22H,5,10H2,1-4H3,(H,18,23). The van der Waals surface area contributed by atoms with Crippen molar-refractivity contribution in [2.45, 2.75) is 46.3 Å². The molecule has 0 bridgehead atoms. The number of aliphatic hydroxyl groups excluding tert-OH is 1. The SMILES string of the molecule is CCc1nnc(-c2ccc(NC(=O)N(CC(C)O)C(C)C)cc2)o1. The molecular weight excluding hydrogens is 308 g/mol. The van der Waals surface area contributed by atoms with Crippen LogP contribution in [0.15, 0.2) is 28.7 Å². The van der Waals surface area contributed by atoms with Gasteiger partial charge in [-0.1, -0.05) is 6.92 Å². The Morgan fingerprint density at radius 1 is 1.25 bits per heavy atom. The topological polar surface area (TPSA) is 91.5 Å². The van der Waals surface area contributed by atoms with E-state index in [1.54, 1.807) is 24.0 Å². The maximum atomic E-state index is 12.3. The number of benzene rings is 1. The largest absolute Gasteiger partial charge is 0.421 e. The van der Waals surface area contributed by atoms with Gasteiger partial charge in [0, 0.05) is 30.3 Å². The molecule has 1 aromatic heterocycles. The van der Waals surface area contributed by atoms with Crippen molar-refractivity contribution in [3.05, 3.63) is 30.2 Å². The minimum Gasteiger partial charge on any atom is -0.421 e. The molecule has 0 radical (unpaired) electrons. The van der Waals surface area contributed by atoms with Gasteiger partial charge in [0.05, 0.1) is 6.10 Å². The van der Waals surface area contributed by atoms with Crippen LogP contribution in [-0.2, 0) is 6.42 Å². The van der Waals surface area contributed by atoms with E-state index in [1.807, 2.05) is 32.9 Å². The van der Waals surface area contributed by atoms with Gasteiger partial charge in [0.25, 0.3) is 0 Å². The summed E-state index contributed by atoms with van der Waals surface area (Å²) in [5.41, 5.74) is 1.46. The van der Waals surface area contributed by atoms with Crippen molar-refractivity contribution in [1.29, 1.82) is 0 Å². The van der Waals surface area contributed by atoms with Crippen LogP contribution in [0.4, 0.5) is 10.5 Å². The Labute approximate surface area is 141 Å². The fourth-order valence-electron chi connectivity index (χ4n) is 2.22. The average Bonchev–Trinajstić information content (AvgIpc) is 3.02. The van der Waals surface area contributed by atoms with Crippen LogP contribution in [-0.4, -0.2) is 44.9 Å². The molecule has 2 aromatic rings. The molecule has 0 saturated heterocycles. The highest BCUT2D eigenvalue weighted by atomic mass is 16.4. The van der Waals surface area contributed by atoms with Crippen LogP contribution in [0, 0.1) is 0 Å². The normalized spacial score (nSPS) is 12.2. The lowest BCUT2D eigenvalue weighted by Gasteiger charge is -2.28. The highest BCUT2D eigenvalue weighted by Gasteiger charge is 2.18. The summed E-state index contributed by atoms with van der Waals surface area (Å²) in [6.07, 6.45) is 0.112. The summed E-state index contributed by atoms with van der Waals surface area (Å²) >= 11 is 0. The quantitative estimate of drug-likeness (QED) is 0.848. The molecule has 1 heterocycles. The van der Waals surface area contributed by atoms with E-state index in [-0.39, 0.29) is 18.6 Å². The number of nitrogens with zero attached hydrogens (tertiary/aromatic N) is 3. The number of aryl methyl sites for hydroxylation is 1. The van der Waals surface area contributed by atoms with Crippen LogP contribution in [0.3, 0.4) is 0 Å². The Hall–Kier alpha value is -2.41. The maximum absolute atomic E-state index is 12.3. The summed E-state index contributed by atoms with van der Waals surface area (Å²) in [4.78, 5) is 13.9. The molecule has 7 nitrogen and oxygen atoms in total. The van der Waals surface area contributed by atoms with Crippen molar-refractivity contribution in [1.82, 2.24) is 15.1 Å². The molecule has 2 rings (SSSR count). The van der Waals surface area contributed by atoms with Crippen molar-refractivity contribution in [3.8, 4) is 11.5 Å². The van der Waals surface area contributed by atoms with Gasteiger partial charge in [-0.15, -0.1) is 10.2 Å². The van der Waals surface area contributed by atoms with Gasteiger partial charge < -0.3 is 19.7 Å². The molecule has 1 atom stereocenters.